The number of benzene rings is 2. The van der Waals surface area contributed by atoms with Crippen LogP contribution in [0.1, 0.15) is 38.4 Å². The normalized spacial score (nSPS) is 12.1. The summed E-state index contributed by atoms with van der Waals surface area (Å²) in [4.78, 5) is 31.1. The molecule has 0 radical (unpaired) electrons. The van der Waals surface area contributed by atoms with Gasteiger partial charge in [-0.3, -0.25) is 14.5 Å². The summed E-state index contributed by atoms with van der Waals surface area (Å²) in [5.41, 5.74) is 3.41. The number of aliphatic hydroxyl groups excluding tert-OH is 1. The molecule has 12 heteroatoms. The van der Waals surface area contributed by atoms with Crippen LogP contribution in [0.25, 0.3) is 33.9 Å². The third-order valence-electron chi connectivity index (χ3n) is 7.05. The number of anilines is 3. The fourth-order valence-corrected chi connectivity index (χ4v) is 5.05. The van der Waals surface area contributed by atoms with Gasteiger partial charge in [-0.1, -0.05) is 41.6 Å². The van der Waals surface area contributed by atoms with Gasteiger partial charge in [-0.25, -0.2) is 9.67 Å². The molecule has 0 aliphatic rings. The highest BCUT2D eigenvalue weighted by Gasteiger charge is 2.21. The molecule has 0 saturated heterocycles. The average Bonchev–Trinajstić information content (AvgIpc) is 3.63. The molecule has 0 aliphatic heterocycles. The molecule has 3 N–H and O–H groups in total. The molecule has 0 spiro atoms. The van der Waals surface area contributed by atoms with Crippen LogP contribution in [0, 0.1) is 0 Å². The zero-order chi connectivity index (χ0) is 29.9. The number of fused-ring (bicyclic) bond motifs is 1. The summed E-state index contributed by atoms with van der Waals surface area (Å²) in [5, 5.41) is 21.6. The van der Waals surface area contributed by atoms with Gasteiger partial charge < -0.3 is 20.3 Å². The van der Waals surface area contributed by atoms with Gasteiger partial charge in [0.25, 0.3) is 11.4 Å². The molecule has 6 rings (SSSR count). The molecule has 12 nitrogen and oxygen atoms in total. The standard InChI is InChI=1S/C31H31N9O3/c1-4-39-30(42)22-14-13-21(16-26(22)40(39)19(2)3)34-31-33-17-23(29-36-28(38-43-29)24-12-8-9-15-32-24)27(37-31)35-25(18-41)20-10-6-5-7-11-20/h5-17,19,25,41H,4,18H2,1-3H3,(H2,33,34,35,37)/t25-/m1/s1. The van der Waals surface area contributed by atoms with E-state index in [2.05, 4.69) is 30.7 Å². The van der Waals surface area contributed by atoms with Crippen LogP contribution in [0.2, 0.25) is 0 Å². The number of rotatable bonds is 10. The Morgan fingerprint density at radius 2 is 1.81 bits per heavy atom. The van der Waals surface area contributed by atoms with Gasteiger partial charge >= 0.3 is 0 Å². The first kappa shape index (κ1) is 27.8. The fourth-order valence-electron chi connectivity index (χ4n) is 5.05. The molecule has 2 aromatic carbocycles. The van der Waals surface area contributed by atoms with Crippen LogP contribution in [0.3, 0.4) is 0 Å². The van der Waals surface area contributed by atoms with Crippen molar-refractivity contribution >= 4 is 28.4 Å². The summed E-state index contributed by atoms with van der Waals surface area (Å²) >= 11 is 0. The molecular weight excluding hydrogens is 546 g/mol. The quantitative estimate of drug-likeness (QED) is 0.198. The molecule has 0 unspecified atom stereocenters. The summed E-state index contributed by atoms with van der Waals surface area (Å²) in [6, 6.07) is 20.2. The van der Waals surface area contributed by atoms with E-state index in [1.165, 1.54) is 0 Å². The highest BCUT2D eigenvalue weighted by atomic mass is 16.5. The predicted molar refractivity (Wildman–Crippen MR) is 164 cm³/mol. The van der Waals surface area contributed by atoms with E-state index in [4.69, 9.17) is 9.51 Å². The number of nitrogens with one attached hydrogen (secondary N) is 2. The van der Waals surface area contributed by atoms with E-state index in [-0.39, 0.29) is 24.1 Å². The molecule has 0 fully saturated rings. The maximum Gasteiger partial charge on any atom is 0.274 e. The van der Waals surface area contributed by atoms with Gasteiger partial charge in [0.2, 0.25) is 11.8 Å². The third-order valence-corrected chi connectivity index (χ3v) is 7.05. The molecule has 0 amide bonds. The number of aromatic nitrogens is 7. The molecule has 0 saturated carbocycles. The van der Waals surface area contributed by atoms with E-state index in [1.807, 2.05) is 86.1 Å². The van der Waals surface area contributed by atoms with E-state index in [0.717, 1.165) is 11.1 Å². The number of hydrogen-bond donors (Lipinski definition) is 3. The van der Waals surface area contributed by atoms with Crippen molar-refractivity contribution in [2.45, 2.75) is 39.4 Å². The van der Waals surface area contributed by atoms with Crippen molar-refractivity contribution in [3.8, 4) is 23.0 Å². The number of hydrogen-bond acceptors (Lipinski definition) is 10. The number of nitrogens with zero attached hydrogens (tertiary/aromatic N) is 7. The number of pyridine rings is 1. The highest BCUT2D eigenvalue weighted by molar-refractivity contribution is 5.83. The average molecular weight is 578 g/mol. The first-order valence-electron chi connectivity index (χ1n) is 14.0. The van der Waals surface area contributed by atoms with Crippen LogP contribution in [0.15, 0.2) is 88.4 Å². The lowest BCUT2D eigenvalue weighted by atomic mass is 10.1. The lowest BCUT2D eigenvalue weighted by Gasteiger charge is -2.19. The highest BCUT2D eigenvalue weighted by Crippen LogP contribution is 2.31. The minimum Gasteiger partial charge on any atom is -0.394 e. The molecule has 43 heavy (non-hydrogen) atoms. The van der Waals surface area contributed by atoms with E-state index in [1.54, 1.807) is 23.1 Å². The Morgan fingerprint density at radius 1 is 1.00 bits per heavy atom. The van der Waals surface area contributed by atoms with E-state index in [0.29, 0.717) is 46.5 Å². The summed E-state index contributed by atoms with van der Waals surface area (Å²) < 4.78 is 9.34. The van der Waals surface area contributed by atoms with Crippen LogP contribution in [-0.2, 0) is 6.54 Å². The zero-order valence-electron chi connectivity index (χ0n) is 24.0. The maximum absolute atomic E-state index is 13.0. The maximum atomic E-state index is 13.0. The van der Waals surface area contributed by atoms with Gasteiger partial charge in [-0.2, -0.15) is 9.97 Å². The second-order valence-corrected chi connectivity index (χ2v) is 10.2. The Hall–Kier alpha value is -5.36. The van der Waals surface area contributed by atoms with Gasteiger partial charge in [0.15, 0.2) is 0 Å². The fraction of sp³-hybridized carbons (Fsp3) is 0.226. The second-order valence-electron chi connectivity index (χ2n) is 10.2. The summed E-state index contributed by atoms with van der Waals surface area (Å²) in [7, 11) is 0. The molecule has 4 aromatic heterocycles. The molecule has 4 heterocycles. The van der Waals surface area contributed by atoms with Crippen molar-refractivity contribution in [3.63, 3.8) is 0 Å². The molecule has 0 aliphatic carbocycles. The van der Waals surface area contributed by atoms with Crippen LogP contribution < -0.4 is 16.2 Å². The molecule has 1 atom stereocenters. The minimum absolute atomic E-state index is 0.0228. The summed E-state index contributed by atoms with van der Waals surface area (Å²) in [6.45, 7) is 6.44. The minimum atomic E-state index is -0.466. The second kappa shape index (κ2) is 11.9. The third kappa shape index (κ3) is 5.47. The van der Waals surface area contributed by atoms with Gasteiger partial charge in [-0.15, -0.1) is 0 Å². The van der Waals surface area contributed by atoms with Crippen molar-refractivity contribution in [3.05, 3.63) is 95.0 Å². The zero-order valence-corrected chi connectivity index (χ0v) is 24.0. The Bertz CT molecular complexity index is 1910. The molecule has 218 valence electrons. The van der Waals surface area contributed by atoms with Crippen molar-refractivity contribution in [1.29, 1.82) is 0 Å². The van der Waals surface area contributed by atoms with Gasteiger partial charge in [-0.05, 0) is 56.7 Å². The largest absolute Gasteiger partial charge is 0.394 e. The van der Waals surface area contributed by atoms with Gasteiger partial charge in [0.1, 0.15) is 17.1 Å². The molecular formula is C31H31N9O3. The van der Waals surface area contributed by atoms with Gasteiger partial charge in [0.05, 0.1) is 23.6 Å². The monoisotopic (exact) mass is 577 g/mol. The van der Waals surface area contributed by atoms with Crippen LogP contribution in [-0.4, -0.2) is 46.2 Å². The van der Waals surface area contributed by atoms with Crippen molar-refractivity contribution < 1.29 is 9.63 Å². The SMILES string of the molecule is CCn1c(=O)c2ccc(Nc3ncc(-c4nc(-c5ccccn5)no4)c(N[C@H](CO)c4ccccc4)n3)cc2n1C(C)C. The molecule has 0 bridgehead atoms. The van der Waals surface area contributed by atoms with Crippen LogP contribution in [0.5, 0.6) is 0 Å². The van der Waals surface area contributed by atoms with Gasteiger partial charge in [0, 0.05) is 30.7 Å². The summed E-state index contributed by atoms with van der Waals surface area (Å²) in [5.74, 6) is 1.21. The Labute approximate surface area is 247 Å². The van der Waals surface area contributed by atoms with Crippen molar-refractivity contribution in [1.82, 2.24) is 34.5 Å². The first-order valence-corrected chi connectivity index (χ1v) is 14.0. The predicted octanol–water partition coefficient (Wildman–Crippen LogP) is 5.19. The smallest absolute Gasteiger partial charge is 0.274 e. The summed E-state index contributed by atoms with van der Waals surface area (Å²) in [6.07, 6.45) is 3.24. The van der Waals surface area contributed by atoms with E-state index >= 15 is 0 Å². The van der Waals surface area contributed by atoms with E-state index < -0.39 is 6.04 Å². The lowest BCUT2D eigenvalue weighted by Crippen LogP contribution is -2.23. The first-order chi connectivity index (χ1) is 21.0. The topological polar surface area (TPSA) is 149 Å². The Morgan fingerprint density at radius 3 is 2.53 bits per heavy atom. The van der Waals surface area contributed by atoms with Crippen molar-refractivity contribution in [2.75, 3.05) is 17.2 Å². The lowest BCUT2D eigenvalue weighted by molar-refractivity contribution is 0.276. The van der Waals surface area contributed by atoms with Crippen molar-refractivity contribution in [2.24, 2.45) is 0 Å². The number of aliphatic hydroxyl groups is 1. The van der Waals surface area contributed by atoms with E-state index in [9.17, 15) is 9.90 Å². The van der Waals surface area contributed by atoms with Crippen LogP contribution in [0.4, 0.5) is 17.5 Å². The molecule has 6 aromatic rings. The Kier molecular flexibility index (Phi) is 7.67. The Balaban J connectivity index is 1.39. The van der Waals surface area contributed by atoms with Crippen LogP contribution >= 0.6 is 0 Å².